The summed E-state index contributed by atoms with van der Waals surface area (Å²) < 4.78 is 5.42. The summed E-state index contributed by atoms with van der Waals surface area (Å²) >= 11 is 0. The molecule has 3 heteroatoms. The van der Waals surface area contributed by atoms with Crippen LogP contribution in [-0.4, -0.2) is 14.2 Å². The molecule has 3 nitrogen and oxygen atoms in total. The number of nitrogens with two attached hydrogens (primary N) is 1. The lowest BCUT2D eigenvalue weighted by Gasteiger charge is -2.25. The Morgan fingerprint density at radius 1 is 1.00 bits per heavy atom. The minimum absolute atomic E-state index is 0.00615. The molecule has 0 saturated heterocycles. The third-order valence-electron chi connectivity index (χ3n) is 3.24. The van der Waals surface area contributed by atoms with E-state index < -0.39 is 0 Å². The molecule has 0 fully saturated rings. The summed E-state index contributed by atoms with van der Waals surface area (Å²) in [4.78, 5) is 2.11. The molecular weight excluding hydrogens is 236 g/mol. The van der Waals surface area contributed by atoms with Crippen molar-refractivity contribution in [2.24, 2.45) is 5.73 Å². The predicted molar refractivity (Wildman–Crippen MR) is 80.1 cm³/mol. The molecule has 0 spiro atoms. The summed E-state index contributed by atoms with van der Waals surface area (Å²) in [6.45, 7) is 1.99. The van der Waals surface area contributed by atoms with E-state index in [9.17, 15) is 0 Å². The van der Waals surface area contributed by atoms with Gasteiger partial charge in [-0.25, -0.2) is 0 Å². The Morgan fingerprint density at radius 2 is 1.58 bits per heavy atom. The van der Waals surface area contributed by atoms with E-state index >= 15 is 0 Å². The number of para-hydroxylation sites is 3. The average Bonchev–Trinajstić information content (AvgIpc) is 2.46. The first-order chi connectivity index (χ1) is 9.15. The Kier molecular flexibility index (Phi) is 4.07. The molecule has 2 aromatic rings. The largest absolute Gasteiger partial charge is 0.495 e. The lowest BCUT2D eigenvalue weighted by Crippen LogP contribution is -2.16. The summed E-state index contributed by atoms with van der Waals surface area (Å²) in [7, 11) is 3.71. The fraction of sp³-hybridized carbons (Fsp3) is 0.250. The average molecular weight is 256 g/mol. The summed E-state index contributed by atoms with van der Waals surface area (Å²) in [5.74, 6) is 0.851. The first-order valence-electron chi connectivity index (χ1n) is 6.36. The van der Waals surface area contributed by atoms with Crippen LogP contribution >= 0.6 is 0 Å². The Hall–Kier alpha value is -2.00. The van der Waals surface area contributed by atoms with Gasteiger partial charge in [0.05, 0.1) is 12.8 Å². The van der Waals surface area contributed by atoms with Crippen LogP contribution in [0.5, 0.6) is 5.75 Å². The predicted octanol–water partition coefficient (Wildman–Crippen LogP) is 3.48. The maximum absolute atomic E-state index is 6.04. The number of ether oxygens (including phenoxy) is 1. The second-order valence-corrected chi connectivity index (χ2v) is 4.58. The molecule has 0 aliphatic rings. The molecule has 0 saturated carbocycles. The number of hydrogen-bond acceptors (Lipinski definition) is 3. The summed E-state index contributed by atoms with van der Waals surface area (Å²) in [6.07, 6.45) is 0. The fourth-order valence-electron chi connectivity index (χ4n) is 2.21. The van der Waals surface area contributed by atoms with Crippen molar-refractivity contribution in [3.63, 3.8) is 0 Å². The lowest BCUT2D eigenvalue weighted by molar-refractivity contribution is 0.415. The molecule has 2 N–H and O–H groups in total. The molecule has 2 rings (SSSR count). The number of hydrogen-bond donors (Lipinski definition) is 1. The van der Waals surface area contributed by atoms with Gasteiger partial charge in [-0.05, 0) is 30.7 Å². The van der Waals surface area contributed by atoms with E-state index in [1.54, 1.807) is 7.11 Å². The highest BCUT2D eigenvalue weighted by Gasteiger charge is 2.14. The van der Waals surface area contributed by atoms with Gasteiger partial charge in [0.2, 0.25) is 0 Å². The molecule has 0 aliphatic heterocycles. The fourth-order valence-corrected chi connectivity index (χ4v) is 2.21. The van der Waals surface area contributed by atoms with E-state index in [0.29, 0.717) is 0 Å². The summed E-state index contributed by atoms with van der Waals surface area (Å²) in [5.41, 5.74) is 9.29. The number of nitrogens with zero attached hydrogens (tertiary/aromatic N) is 1. The standard InChI is InChI=1S/C16H20N2O/c1-12(17)13-8-4-5-9-14(13)18(2)15-10-6-7-11-16(15)19-3/h4-12H,17H2,1-3H3. The van der Waals surface area contributed by atoms with Gasteiger partial charge in [0.1, 0.15) is 5.75 Å². The van der Waals surface area contributed by atoms with Crippen molar-refractivity contribution in [2.45, 2.75) is 13.0 Å². The van der Waals surface area contributed by atoms with E-state index in [1.807, 2.05) is 50.4 Å². The zero-order chi connectivity index (χ0) is 13.8. The first kappa shape index (κ1) is 13.4. The molecule has 19 heavy (non-hydrogen) atoms. The number of rotatable bonds is 4. The quantitative estimate of drug-likeness (QED) is 0.910. The van der Waals surface area contributed by atoms with Gasteiger partial charge in [-0.1, -0.05) is 30.3 Å². The molecule has 0 amide bonds. The normalized spacial score (nSPS) is 12.0. The van der Waals surface area contributed by atoms with Crippen molar-refractivity contribution < 1.29 is 4.74 Å². The third-order valence-corrected chi connectivity index (χ3v) is 3.24. The highest BCUT2D eigenvalue weighted by molar-refractivity contribution is 5.71. The number of anilines is 2. The van der Waals surface area contributed by atoms with Crippen molar-refractivity contribution in [1.82, 2.24) is 0 Å². The van der Waals surface area contributed by atoms with Crippen molar-refractivity contribution >= 4 is 11.4 Å². The van der Waals surface area contributed by atoms with Gasteiger partial charge < -0.3 is 15.4 Å². The van der Waals surface area contributed by atoms with Crippen LogP contribution in [-0.2, 0) is 0 Å². The Labute approximate surface area is 114 Å². The van der Waals surface area contributed by atoms with Crippen LogP contribution in [0.2, 0.25) is 0 Å². The van der Waals surface area contributed by atoms with E-state index in [4.69, 9.17) is 10.5 Å². The van der Waals surface area contributed by atoms with Crippen molar-refractivity contribution in [3.8, 4) is 5.75 Å². The zero-order valence-corrected chi connectivity index (χ0v) is 11.6. The minimum Gasteiger partial charge on any atom is -0.495 e. The van der Waals surface area contributed by atoms with Crippen molar-refractivity contribution in [2.75, 3.05) is 19.1 Å². The maximum atomic E-state index is 6.04. The van der Waals surface area contributed by atoms with Gasteiger partial charge in [-0.3, -0.25) is 0 Å². The molecule has 1 unspecified atom stereocenters. The van der Waals surface area contributed by atoms with Crippen LogP contribution < -0.4 is 15.4 Å². The highest BCUT2D eigenvalue weighted by Crippen LogP contribution is 2.35. The smallest absolute Gasteiger partial charge is 0.142 e. The van der Waals surface area contributed by atoms with Crippen LogP contribution in [0.15, 0.2) is 48.5 Å². The van der Waals surface area contributed by atoms with Gasteiger partial charge in [-0.15, -0.1) is 0 Å². The molecule has 0 radical (unpaired) electrons. The molecule has 0 aromatic heterocycles. The van der Waals surface area contributed by atoms with Crippen molar-refractivity contribution in [3.05, 3.63) is 54.1 Å². The van der Waals surface area contributed by atoms with E-state index in [2.05, 4.69) is 17.0 Å². The summed E-state index contributed by atoms with van der Waals surface area (Å²) in [5, 5.41) is 0. The van der Waals surface area contributed by atoms with Crippen LogP contribution in [0, 0.1) is 0 Å². The molecule has 0 aliphatic carbocycles. The molecule has 1 atom stereocenters. The monoisotopic (exact) mass is 256 g/mol. The third kappa shape index (κ3) is 2.71. The van der Waals surface area contributed by atoms with Crippen LogP contribution in [0.25, 0.3) is 0 Å². The van der Waals surface area contributed by atoms with Crippen LogP contribution in [0.3, 0.4) is 0 Å². The van der Waals surface area contributed by atoms with Crippen LogP contribution in [0.1, 0.15) is 18.5 Å². The van der Waals surface area contributed by atoms with Gasteiger partial charge in [0.15, 0.2) is 0 Å². The van der Waals surface area contributed by atoms with Crippen molar-refractivity contribution in [1.29, 1.82) is 0 Å². The first-order valence-corrected chi connectivity index (χ1v) is 6.36. The Balaban J connectivity index is 2.47. The van der Waals surface area contributed by atoms with Gasteiger partial charge in [0.25, 0.3) is 0 Å². The van der Waals surface area contributed by atoms with E-state index in [-0.39, 0.29) is 6.04 Å². The number of methoxy groups -OCH3 is 1. The molecule has 100 valence electrons. The van der Waals surface area contributed by atoms with Gasteiger partial charge >= 0.3 is 0 Å². The second-order valence-electron chi connectivity index (χ2n) is 4.58. The molecular formula is C16H20N2O. The Morgan fingerprint density at radius 3 is 2.21 bits per heavy atom. The number of benzene rings is 2. The lowest BCUT2D eigenvalue weighted by atomic mass is 10.1. The molecule has 0 bridgehead atoms. The van der Waals surface area contributed by atoms with E-state index in [0.717, 1.165) is 22.7 Å². The van der Waals surface area contributed by atoms with Crippen LogP contribution in [0.4, 0.5) is 11.4 Å². The van der Waals surface area contributed by atoms with E-state index in [1.165, 1.54) is 0 Å². The molecule has 2 aromatic carbocycles. The topological polar surface area (TPSA) is 38.5 Å². The zero-order valence-electron chi connectivity index (χ0n) is 11.6. The minimum atomic E-state index is -0.00615. The molecule has 0 heterocycles. The maximum Gasteiger partial charge on any atom is 0.142 e. The van der Waals surface area contributed by atoms with Gasteiger partial charge in [-0.2, -0.15) is 0 Å². The van der Waals surface area contributed by atoms with Gasteiger partial charge in [0, 0.05) is 18.8 Å². The SMILES string of the molecule is COc1ccccc1N(C)c1ccccc1C(C)N. The highest BCUT2D eigenvalue weighted by atomic mass is 16.5. The second kappa shape index (κ2) is 5.76. The summed E-state index contributed by atoms with van der Waals surface area (Å²) in [6, 6.07) is 16.1. The Bertz CT molecular complexity index is 552.